The third kappa shape index (κ3) is 4.09. The number of nitrogens with one attached hydrogen (secondary N) is 1. The molecule has 5 heteroatoms. The average Bonchev–Trinajstić information content (AvgIpc) is 2.88. The van der Waals surface area contributed by atoms with Gasteiger partial charge in [0.05, 0.1) is 7.11 Å². The SMILES string of the molecule is C=C1C[C@H]1[C@@H](NC(=O)OC(C)(C)C)C(=O)OC. The number of hydrogen-bond donors (Lipinski definition) is 1. The van der Waals surface area contributed by atoms with Crippen LogP contribution < -0.4 is 5.32 Å². The first-order valence-corrected chi connectivity index (χ1v) is 5.49. The molecule has 5 nitrogen and oxygen atoms in total. The quantitative estimate of drug-likeness (QED) is 0.602. The molecule has 1 amide bonds. The van der Waals surface area contributed by atoms with Crippen LogP contribution in [-0.2, 0) is 14.3 Å². The molecule has 1 aliphatic carbocycles. The summed E-state index contributed by atoms with van der Waals surface area (Å²) in [5.74, 6) is -0.505. The molecule has 96 valence electrons. The summed E-state index contributed by atoms with van der Waals surface area (Å²) in [5.41, 5.74) is 0.349. The molecule has 0 spiro atoms. The second-order valence-electron chi connectivity index (χ2n) is 5.12. The lowest BCUT2D eigenvalue weighted by Gasteiger charge is -2.22. The normalized spacial score (nSPS) is 20.5. The van der Waals surface area contributed by atoms with Gasteiger partial charge < -0.3 is 14.8 Å². The van der Waals surface area contributed by atoms with Crippen LogP contribution >= 0.6 is 0 Å². The molecule has 17 heavy (non-hydrogen) atoms. The zero-order chi connectivity index (χ0) is 13.2. The van der Waals surface area contributed by atoms with Crippen molar-refractivity contribution in [2.45, 2.75) is 38.8 Å². The van der Waals surface area contributed by atoms with Crippen LogP contribution in [0.3, 0.4) is 0 Å². The molecule has 1 fully saturated rings. The molecule has 2 atom stereocenters. The number of methoxy groups -OCH3 is 1. The number of esters is 1. The van der Waals surface area contributed by atoms with Crippen LogP contribution in [0.1, 0.15) is 27.2 Å². The van der Waals surface area contributed by atoms with Crippen molar-refractivity contribution >= 4 is 12.1 Å². The Kier molecular flexibility index (Phi) is 3.80. The Balaban J connectivity index is 2.58. The zero-order valence-corrected chi connectivity index (χ0v) is 10.7. The van der Waals surface area contributed by atoms with Gasteiger partial charge in [-0.15, -0.1) is 0 Å². The van der Waals surface area contributed by atoms with Gasteiger partial charge in [-0.05, 0) is 27.2 Å². The number of alkyl carbamates (subject to hydrolysis) is 1. The van der Waals surface area contributed by atoms with E-state index in [4.69, 9.17) is 4.74 Å². The molecule has 0 aromatic heterocycles. The second kappa shape index (κ2) is 4.77. The Morgan fingerprint density at radius 2 is 2.00 bits per heavy atom. The molecule has 0 aromatic carbocycles. The number of amides is 1. The van der Waals surface area contributed by atoms with Crippen molar-refractivity contribution in [2.24, 2.45) is 5.92 Å². The number of carbonyl (C=O) groups is 2. The van der Waals surface area contributed by atoms with Gasteiger partial charge in [-0.3, -0.25) is 0 Å². The lowest BCUT2D eigenvalue weighted by molar-refractivity contribution is -0.143. The third-order valence-corrected chi connectivity index (χ3v) is 2.38. The molecule has 0 aliphatic heterocycles. The molecule has 1 rings (SSSR count). The molecule has 0 radical (unpaired) electrons. The first kappa shape index (κ1) is 13.5. The molecule has 1 saturated carbocycles. The molecule has 0 unspecified atom stereocenters. The largest absolute Gasteiger partial charge is 0.467 e. The zero-order valence-electron chi connectivity index (χ0n) is 10.7. The van der Waals surface area contributed by atoms with E-state index in [1.165, 1.54) is 7.11 Å². The Morgan fingerprint density at radius 3 is 2.35 bits per heavy atom. The van der Waals surface area contributed by atoms with Gasteiger partial charge in [0.25, 0.3) is 0 Å². The predicted octanol–water partition coefficient (Wildman–Crippen LogP) is 1.63. The van der Waals surface area contributed by atoms with E-state index in [9.17, 15) is 9.59 Å². The van der Waals surface area contributed by atoms with Crippen molar-refractivity contribution in [1.82, 2.24) is 5.32 Å². The van der Waals surface area contributed by atoms with Crippen LogP contribution in [-0.4, -0.2) is 30.8 Å². The minimum absolute atomic E-state index is 0.0324. The molecule has 0 heterocycles. The summed E-state index contributed by atoms with van der Waals surface area (Å²) >= 11 is 0. The summed E-state index contributed by atoms with van der Waals surface area (Å²) in [5, 5.41) is 2.52. The van der Waals surface area contributed by atoms with Gasteiger partial charge in [0.15, 0.2) is 0 Å². The number of ether oxygens (including phenoxy) is 2. The Labute approximate surface area is 101 Å². The maximum Gasteiger partial charge on any atom is 0.408 e. The van der Waals surface area contributed by atoms with E-state index in [1.54, 1.807) is 20.8 Å². The van der Waals surface area contributed by atoms with Crippen molar-refractivity contribution in [3.63, 3.8) is 0 Å². The predicted molar refractivity (Wildman–Crippen MR) is 62.4 cm³/mol. The fraction of sp³-hybridized carbons (Fsp3) is 0.667. The van der Waals surface area contributed by atoms with E-state index < -0.39 is 23.7 Å². The molecule has 0 aromatic rings. The second-order valence-corrected chi connectivity index (χ2v) is 5.12. The number of rotatable bonds is 3. The van der Waals surface area contributed by atoms with Gasteiger partial charge in [0.2, 0.25) is 0 Å². The molecule has 0 saturated heterocycles. The Hall–Kier alpha value is -1.52. The summed E-state index contributed by atoms with van der Waals surface area (Å²) in [6.45, 7) is 9.05. The summed E-state index contributed by atoms with van der Waals surface area (Å²) in [4.78, 5) is 23.1. The van der Waals surface area contributed by atoms with Crippen LogP contribution in [0.15, 0.2) is 12.2 Å². The van der Waals surface area contributed by atoms with Crippen LogP contribution in [0.2, 0.25) is 0 Å². The smallest absolute Gasteiger partial charge is 0.408 e. The van der Waals surface area contributed by atoms with Gasteiger partial charge in [0, 0.05) is 5.92 Å². The highest BCUT2D eigenvalue weighted by molar-refractivity contribution is 5.83. The van der Waals surface area contributed by atoms with Crippen molar-refractivity contribution < 1.29 is 19.1 Å². The van der Waals surface area contributed by atoms with Gasteiger partial charge >= 0.3 is 12.1 Å². The van der Waals surface area contributed by atoms with Crippen LogP contribution in [0, 0.1) is 5.92 Å². The van der Waals surface area contributed by atoms with Crippen LogP contribution in [0.25, 0.3) is 0 Å². The fourth-order valence-electron chi connectivity index (χ4n) is 1.46. The van der Waals surface area contributed by atoms with E-state index in [0.29, 0.717) is 0 Å². The lowest BCUT2D eigenvalue weighted by atomic mass is 10.2. The van der Waals surface area contributed by atoms with Gasteiger partial charge in [-0.25, -0.2) is 9.59 Å². The minimum atomic E-state index is -0.692. The molecule has 1 aliphatic rings. The molecular formula is C12H19NO4. The van der Waals surface area contributed by atoms with Gasteiger partial charge in [0.1, 0.15) is 11.6 Å². The van der Waals surface area contributed by atoms with Crippen molar-refractivity contribution in [3.05, 3.63) is 12.2 Å². The average molecular weight is 241 g/mol. The van der Waals surface area contributed by atoms with E-state index in [2.05, 4.69) is 16.6 Å². The topological polar surface area (TPSA) is 64.6 Å². The highest BCUT2D eigenvalue weighted by Crippen LogP contribution is 2.39. The number of carbonyl (C=O) groups excluding carboxylic acids is 2. The maximum absolute atomic E-state index is 11.6. The van der Waals surface area contributed by atoms with E-state index in [0.717, 1.165) is 12.0 Å². The third-order valence-electron chi connectivity index (χ3n) is 2.38. The van der Waals surface area contributed by atoms with Gasteiger partial charge in [-0.2, -0.15) is 0 Å². The van der Waals surface area contributed by atoms with E-state index in [1.807, 2.05) is 0 Å². The first-order chi connectivity index (χ1) is 7.74. The highest BCUT2D eigenvalue weighted by Gasteiger charge is 2.42. The van der Waals surface area contributed by atoms with Crippen molar-refractivity contribution in [3.8, 4) is 0 Å². The summed E-state index contributed by atoms with van der Waals surface area (Å²) in [7, 11) is 1.29. The molecule has 1 N–H and O–H groups in total. The van der Waals surface area contributed by atoms with Crippen LogP contribution in [0.4, 0.5) is 4.79 Å². The lowest BCUT2D eigenvalue weighted by Crippen LogP contribution is -2.45. The minimum Gasteiger partial charge on any atom is -0.467 e. The van der Waals surface area contributed by atoms with Crippen molar-refractivity contribution in [2.75, 3.05) is 7.11 Å². The maximum atomic E-state index is 11.6. The Morgan fingerprint density at radius 1 is 1.47 bits per heavy atom. The monoisotopic (exact) mass is 241 g/mol. The molecular weight excluding hydrogens is 222 g/mol. The van der Waals surface area contributed by atoms with Crippen LogP contribution in [0.5, 0.6) is 0 Å². The van der Waals surface area contributed by atoms with E-state index in [-0.39, 0.29) is 5.92 Å². The van der Waals surface area contributed by atoms with Crippen molar-refractivity contribution in [1.29, 1.82) is 0 Å². The first-order valence-electron chi connectivity index (χ1n) is 5.49. The summed E-state index contributed by atoms with van der Waals surface area (Å²) < 4.78 is 9.73. The summed E-state index contributed by atoms with van der Waals surface area (Å²) in [6.07, 6.45) is 0.114. The standard InChI is InChI=1S/C12H19NO4/c1-7-6-8(7)9(10(14)16-5)13-11(15)17-12(2,3)4/h8-9H,1,6H2,2-5H3,(H,13,15)/t8-,9-/m1/s1. The summed E-state index contributed by atoms with van der Waals surface area (Å²) in [6, 6.07) is -0.692. The Bertz CT molecular complexity index is 343. The van der Waals surface area contributed by atoms with Gasteiger partial charge in [-0.1, -0.05) is 12.2 Å². The highest BCUT2D eigenvalue weighted by atomic mass is 16.6. The molecule has 0 bridgehead atoms. The fourth-order valence-corrected chi connectivity index (χ4v) is 1.46. The van der Waals surface area contributed by atoms with E-state index >= 15 is 0 Å². The number of hydrogen-bond acceptors (Lipinski definition) is 4.